The minimum atomic E-state index is -4.14. The summed E-state index contributed by atoms with van der Waals surface area (Å²) in [5.74, 6) is -0.705. The Balaban J connectivity index is 2.03. The van der Waals surface area contributed by atoms with E-state index >= 15 is 0 Å². The number of carbonyl (C=O) groups is 2. The number of hydrogen-bond acceptors (Lipinski definition) is 5. The maximum absolute atomic E-state index is 14.0. The molecule has 3 aromatic rings. The zero-order valence-electron chi connectivity index (χ0n) is 23.7. The van der Waals surface area contributed by atoms with Crippen molar-refractivity contribution in [1.82, 2.24) is 10.2 Å². The predicted molar refractivity (Wildman–Crippen MR) is 168 cm³/mol. The number of nitrogens with zero attached hydrogens (tertiary/aromatic N) is 2. The van der Waals surface area contributed by atoms with E-state index in [0.29, 0.717) is 27.8 Å². The van der Waals surface area contributed by atoms with Crippen LogP contribution in [0.2, 0.25) is 10.0 Å². The fourth-order valence-electron chi connectivity index (χ4n) is 3.98. The van der Waals surface area contributed by atoms with Crippen molar-refractivity contribution in [3.63, 3.8) is 0 Å². The molecule has 7 nitrogen and oxygen atoms in total. The maximum Gasteiger partial charge on any atom is 0.264 e. The first kappa shape index (κ1) is 32.8. The highest BCUT2D eigenvalue weighted by atomic mass is 35.5. The van der Waals surface area contributed by atoms with Crippen LogP contribution in [-0.4, -0.2) is 50.5 Å². The van der Waals surface area contributed by atoms with Crippen molar-refractivity contribution in [2.75, 3.05) is 23.7 Å². The Hall–Kier alpha value is -2.72. The van der Waals surface area contributed by atoms with Crippen molar-refractivity contribution in [3.8, 4) is 0 Å². The van der Waals surface area contributed by atoms with E-state index in [2.05, 4.69) is 5.32 Å². The molecule has 0 radical (unpaired) electrons. The van der Waals surface area contributed by atoms with Crippen LogP contribution in [0.4, 0.5) is 5.69 Å². The molecule has 0 aliphatic rings. The van der Waals surface area contributed by atoms with Gasteiger partial charge >= 0.3 is 0 Å². The van der Waals surface area contributed by atoms with E-state index in [0.717, 1.165) is 14.8 Å². The third-order valence-electron chi connectivity index (χ3n) is 6.46. The van der Waals surface area contributed by atoms with Crippen molar-refractivity contribution in [2.24, 2.45) is 5.92 Å². The molecule has 0 saturated heterocycles. The lowest BCUT2D eigenvalue weighted by Gasteiger charge is -2.32. The largest absolute Gasteiger partial charge is 0.354 e. The average Bonchev–Trinajstić information content (AvgIpc) is 2.94. The van der Waals surface area contributed by atoms with E-state index in [4.69, 9.17) is 23.2 Å². The van der Waals surface area contributed by atoms with E-state index in [1.54, 1.807) is 61.5 Å². The highest BCUT2D eigenvalue weighted by molar-refractivity contribution is 7.98. The average molecular weight is 637 g/mol. The molecule has 2 amide bonds. The van der Waals surface area contributed by atoms with Crippen LogP contribution >= 0.6 is 35.0 Å². The van der Waals surface area contributed by atoms with Gasteiger partial charge in [-0.3, -0.25) is 13.9 Å². The van der Waals surface area contributed by atoms with Crippen LogP contribution in [0.1, 0.15) is 31.9 Å². The summed E-state index contributed by atoms with van der Waals surface area (Å²) in [6.45, 7) is 7.34. The van der Waals surface area contributed by atoms with Crippen LogP contribution in [0.5, 0.6) is 0 Å². The minimum Gasteiger partial charge on any atom is -0.354 e. The Morgan fingerprint density at radius 1 is 0.951 bits per heavy atom. The van der Waals surface area contributed by atoms with Crippen molar-refractivity contribution < 1.29 is 18.0 Å². The summed E-state index contributed by atoms with van der Waals surface area (Å²) in [6, 6.07) is 17.4. The highest BCUT2D eigenvalue weighted by Gasteiger charge is 2.33. The second-order valence-electron chi connectivity index (χ2n) is 10.1. The number of aryl methyl sites for hydroxylation is 1. The number of amides is 2. The SMILES string of the molecule is CSc1ccc(S(=O)(=O)N(CC(=O)N(Cc2ccc(Cl)cc2Cl)[C@@H](C)C(=O)NCC(C)C)c2ccc(C)cc2)cc1. The van der Waals surface area contributed by atoms with Crippen molar-refractivity contribution >= 4 is 62.5 Å². The highest BCUT2D eigenvalue weighted by Crippen LogP contribution is 2.27. The van der Waals surface area contributed by atoms with Crippen molar-refractivity contribution in [2.45, 2.75) is 50.1 Å². The van der Waals surface area contributed by atoms with Gasteiger partial charge in [-0.2, -0.15) is 0 Å². The number of hydrogen-bond donors (Lipinski definition) is 1. The molecule has 3 rings (SSSR count). The number of nitrogens with one attached hydrogen (secondary N) is 1. The van der Waals surface area contributed by atoms with Crippen LogP contribution in [-0.2, 0) is 26.2 Å². The van der Waals surface area contributed by atoms with Crippen molar-refractivity contribution in [1.29, 1.82) is 0 Å². The van der Waals surface area contributed by atoms with Gasteiger partial charge in [-0.15, -0.1) is 11.8 Å². The molecule has 220 valence electrons. The molecular weight excluding hydrogens is 601 g/mol. The number of anilines is 1. The van der Waals surface area contributed by atoms with Gasteiger partial charge in [0.25, 0.3) is 10.0 Å². The van der Waals surface area contributed by atoms with Gasteiger partial charge in [0.2, 0.25) is 11.8 Å². The molecule has 0 unspecified atom stereocenters. The summed E-state index contributed by atoms with van der Waals surface area (Å²) in [4.78, 5) is 29.4. The number of benzene rings is 3. The Kier molecular flexibility index (Phi) is 11.6. The fraction of sp³-hybridized carbons (Fsp3) is 0.333. The zero-order chi connectivity index (χ0) is 30.3. The second-order valence-corrected chi connectivity index (χ2v) is 13.7. The fourth-order valence-corrected chi connectivity index (χ4v) is 6.27. The molecule has 41 heavy (non-hydrogen) atoms. The van der Waals surface area contributed by atoms with Gasteiger partial charge in [-0.25, -0.2) is 8.42 Å². The molecule has 3 aromatic carbocycles. The van der Waals surface area contributed by atoms with Crippen LogP contribution in [0, 0.1) is 12.8 Å². The molecule has 0 saturated carbocycles. The Morgan fingerprint density at radius 3 is 2.15 bits per heavy atom. The number of carbonyl (C=O) groups excluding carboxylic acids is 2. The summed E-state index contributed by atoms with van der Waals surface area (Å²) in [5.41, 5.74) is 1.85. The first-order valence-corrected chi connectivity index (χ1v) is 16.5. The normalized spacial score (nSPS) is 12.2. The molecule has 0 aromatic heterocycles. The van der Waals surface area contributed by atoms with Gasteiger partial charge in [0.1, 0.15) is 12.6 Å². The Morgan fingerprint density at radius 2 is 1.59 bits per heavy atom. The van der Waals surface area contributed by atoms with E-state index in [1.807, 2.05) is 27.0 Å². The Bertz CT molecular complexity index is 1460. The molecule has 0 spiro atoms. The molecule has 0 aliphatic heterocycles. The molecule has 11 heteroatoms. The number of halogens is 2. The van der Waals surface area contributed by atoms with Gasteiger partial charge in [0.05, 0.1) is 10.6 Å². The Labute approximate surface area is 257 Å². The molecule has 0 bridgehead atoms. The molecule has 0 aliphatic carbocycles. The lowest BCUT2D eigenvalue weighted by atomic mass is 10.1. The molecule has 1 atom stereocenters. The predicted octanol–water partition coefficient (Wildman–Crippen LogP) is 6.41. The van der Waals surface area contributed by atoms with Gasteiger partial charge < -0.3 is 10.2 Å². The lowest BCUT2D eigenvalue weighted by molar-refractivity contribution is -0.139. The summed E-state index contributed by atoms with van der Waals surface area (Å²) in [6.07, 6.45) is 1.90. The van der Waals surface area contributed by atoms with Crippen LogP contribution in [0.3, 0.4) is 0 Å². The number of rotatable bonds is 12. The number of sulfonamides is 1. The monoisotopic (exact) mass is 635 g/mol. The van der Waals surface area contributed by atoms with E-state index in [1.165, 1.54) is 28.8 Å². The van der Waals surface area contributed by atoms with Gasteiger partial charge in [0.15, 0.2) is 0 Å². The topological polar surface area (TPSA) is 86.8 Å². The standard InChI is InChI=1S/C30H35Cl2N3O4S2/c1-20(2)17-33-30(37)22(4)34(18-23-8-9-24(31)16-28(23)32)29(36)19-35(25-10-6-21(3)7-11-25)41(38,39)27-14-12-26(40-5)13-15-27/h6-16,20,22H,17-19H2,1-5H3,(H,33,37)/t22-/m0/s1. The summed E-state index contributed by atoms with van der Waals surface area (Å²) in [7, 11) is -4.14. The third kappa shape index (κ3) is 8.64. The van der Waals surface area contributed by atoms with Gasteiger partial charge in [-0.1, -0.05) is 60.8 Å². The molecular formula is C30H35Cl2N3O4S2. The van der Waals surface area contributed by atoms with Gasteiger partial charge in [0, 0.05) is 28.0 Å². The minimum absolute atomic E-state index is 0.0185. The molecule has 0 heterocycles. The second kappa shape index (κ2) is 14.4. The van der Waals surface area contributed by atoms with Crippen molar-refractivity contribution in [3.05, 3.63) is 87.9 Å². The summed E-state index contributed by atoms with van der Waals surface area (Å²) in [5, 5.41) is 3.63. The maximum atomic E-state index is 14.0. The number of thioether (sulfide) groups is 1. The quantitative estimate of drug-likeness (QED) is 0.232. The molecule has 0 fully saturated rings. The van der Waals surface area contributed by atoms with Gasteiger partial charge in [-0.05, 0) is 80.1 Å². The van der Waals surface area contributed by atoms with E-state index < -0.39 is 28.5 Å². The first-order valence-electron chi connectivity index (χ1n) is 13.1. The first-order chi connectivity index (χ1) is 19.3. The summed E-state index contributed by atoms with van der Waals surface area (Å²) < 4.78 is 29.0. The van der Waals surface area contributed by atoms with E-state index in [-0.39, 0.29) is 23.3 Å². The van der Waals surface area contributed by atoms with E-state index in [9.17, 15) is 18.0 Å². The smallest absolute Gasteiger partial charge is 0.264 e. The molecule has 1 N–H and O–H groups in total. The zero-order valence-corrected chi connectivity index (χ0v) is 26.9. The van der Waals surface area contributed by atoms with Crippen LogP contribution < -0.4 is 9.62 Å². The van der Waals surface area contributed by atoms with Crippen LogP contribution in [0.25, 0.3) is 0 Å². The lowest BCUT2D eigenvalue weighted by Crippen LogP contribution is -2.51. The summed E-state index contributed by atoms with van der Waals surface area (Å²) >= 11 is 14.0. The van der Waals surface area contributed by atoms with Crippen LogP contribution in [0.15, 0.2) is 76.5 Å². The third-order valence-corrected chi connectivity index (χ3v) is 9.57.